The molecule has 0 unspecified atom stereocenters. The van der Waals surface area contributed by atoms with Crippen molar-refractivity contribution in [2.75, 3.05) is 11.9 Å². The Kier molecular flexibility index (Phi) is 5.70. The van der Waals surface area contributed by atoms with Gasteiger partial charge in [0.15, 0.2) is 0 Å². The lowest BCUT2D eigenvalue weighted by Gasteiger charge is -2.11. The minimum Gasteiger partial charge on any atom is -0.492 e. The van der Waals surface area contributed by atoms with E-state index >= 15 is 0 Å². The minimum atomic E-state index is -0.317. The summed E-state index contributed by atoms with van der Waals surface area (Å²) in [6, 6.07) is 12.2. The van der Waals surface area contributed by atoms with Crippen molar-refractivity contribution in [1.82, 2.24) is 4.98 Å². The third-order valence-corrected chi connectivity index (χ3v) is 3.21. The number of nitriles is 1. The van der Waals surface area contributed by atoms with Crippen LogP contribution in [0, 0.1) is 17.2 Å². The maximum absolute atomic E-state index is 12.1. The Hall–Kier alpha value is -2.87. The number of aromatic nitrogens is 1. The van der Waals surface area contributed by atoms with Crippen LogP contribution in [0.15, 0.2) is 42.6 Å². The highest BCUT2D eigenvalue weighted by Crippen LogP contribution is 2.23. The number of hydrogen-bond donors (Lipinski definition) is 1. The Bertz CT molecular complexity index is 706. The molecule has 0 saturated heterocycles. The third kappa shape index (κ3) is 4.82. The number of anilines is 1. The van der Waals surface area contributed by atoms with Crippen LogP contribution in [0.4, 0.5) is 5.69 Å². The van der Waals surface area contributed by atoms with Gasteiger partial charge in [-0.3, -0.25) is 9.78 Å². The maximum Gasteiger partial charge on any atom is 0.274 e. The van der Waals surface area contributed by atoms with Gasteiger partial charge in [0, 0.05) is 11.9 Å². The molecule has 5 heteroatoms. The molecule has 0 atom stereocenters. The molecule has 1 amide bonds. The summed E-state index contributed by atoms with van der Waals surface area (Å²) in [7, 11) is 0. The van der Waals surface area contributed by atoms with Crippen molar-refractivity contribution >= 4 is 11.6 Å². The monoisotopic (exact) mass is 309 g/mol. The van der Waals surface area contributed by atoms with Gasteiger partial charge in [0.05, 0.1) is 12.2 Å². The van der Waals surface area contributed by atoms with Crippen molar-refractivity contribution in [3.05, 3.63) is 53.9 Å². The number of hydrogen-bond acceptors (Lipinski definition) is 4. The molecule has 1 heterocycles. The van der Waals surface area contributed by atoms with Gasteiger partial charge in [-0.15, -0.1) is 0 Å². The van der Waals surface area contributed by atoms with Crippen LogP contribution in [-0.2, 0) is 0 Å². The van der Waals surface area contributed by atoms with E-state index in [4.69, 9.17) is 4.74 Å². The van der Waals surface area contributed by atoms with Gasteiger partial charge < -0.3 is 10.1 Å². The average molecular weight is 309 g/mol. The zero-order valence-corrected chi connectivity index (χ0v) is 13.2. The van der Waals surface area contributed by atoms with Gasteiger partial charge in [-0.05, 0) is 42.7 Å². The van der Waals surface area contributed by atoms with Crippen LogP contribution in [0.25, 0.3) is 0 Å². The number of rotatable bonds is 6. The zero-order chi connectivity index (χ0) is 16.7. The topological polar surface area (TPSA) is 75.0 Å². The first-order valence-corrected chi connectivity index (χ1v) is 7.49. The van der Waals surface area contributed by atoms with Crippen molar-refractivity contribution in [3.63, 3.8) is 0 Å². The molecule has 5 nitrogen and oxygen atoms in total. The molecule has 1 N–H and O–H groups in total. The van der Waals surface area contributed by atoms with Crippen molar-refractivity contribution < 1.29 is 9.53 Å². The molecule has 1 aromatic heterocycles. The standard InChI is InChI=1S/C18H19N3O2/c1-13(2)8-10-23-17-7-6-15(11-14(17)12-19)21-18(22)16-5-3-4-9-20-16/h3-7,9,11,13H,8,10H2,1-2H3,(H,21,22). The van der Waals surface area contributed by atoms with Crippen molar-refractivity contribution in [1.29, 1.82) is 5.26 Å². The molecule has 0 aliphatic heterocycles. The molecule has 0 spiro atoms. The number of nitrogens with zero attached hydrogens (tertiary/aromatic N) is 2. The SMILES string of the molecule is CC(C)CCOc1ccc(NC(=O)c2ccccn2)cc1C#N. The fraction of sp³-hybridized carbons (Fsp3) is 0.278. The summed E-state index contributed by atoms with van der Waals surface area (Å²) in [6.07, 6.45) is 2.48. The highest BCUT2D eigenvalue weighted by Gasteiger charge is 2.10. The predicted octanol–water partition coefficient (Wildman–Crippen LogP) is 3.63. The highest BCUT2D eigenvalue weighted by atomic mass is 16.5. The predicted molar refractivity (Wildman–Crippen MR) is 88.3 cm³/mol. The number of nitrogens with one attached hydrogen (secondary N) is 1. The summed E-state index contributed by atoms with van der Waals surface area (Å²) in [6.45, 7) is 4.79. The number of pyridine rings is 1. The normalized spacial score (nSPS) is 10.2. The van der Waals surface area contributed by atoms with Crippen molar-refractivity contribution in [2.24, 2.45) is 5.92 Å². The maximum atomic E-state index is 12.1. The zero-order valence-electron chi connectivity index (χ0n) is 13.2. The summed E-state index contributed by atoms with van der Waals surface area (Å²) >= 11 is 0. The van der Waals surface area contributed by atoms with Crippen LogP contribution in [0.5, 0.6) is 5.75 Å². The second kappa shape index (κ2) is 7.95. The summed E-state index contributed by atoms with van der Waals surface area (Å²) in [5, 5.41) is 12.0. The Morgan fingerprint density at radius 2 is 2.17 bits per heavy atom. The Morgan fingerprint density at radius 3 is 2.83 bits per heavy atom. The molecule has 0 fully saturated rings. The van der Waals surface area contributed by atoms with Crippen LogP contribution in [0.3, 0.4) is 0 Å². The third-order valence-electron chi connectivity index (χ3n) is 3.21. The molecular formula is C18H19N3O2. The molecule has 1 aromatic carbocycles. The van der Waals surface area contributed by atoms with E-state index in [2.05, 4.69) is 30.2 Å². The summed E-state index contributed by atoms with van der Waals surface area (Å²) < 4.78 is 5.64. The quantitative estimate of drug-likeness (QED) is 0.884. The van der Waals surface area contributed by atoms with Gasteiger partial charge >= 0.3 is 0 Å². The first kappa shape index (κ1) is 16.5. The lowest BCUT2D eigenvalue weighted by atomic mass is 10.1. The fourth-order valence-corrected chi connectivity index (χ4v) is 1.92. The van der Waals surface area contributed by atoms with Gasteiger partial charge in [-0.2, -0.15) is 5.26 Å². The van der Waals surface area contributed by atoms with Gasteiger partial charge in [-0.25, -0.2) is 0 Å². The molecule has 2 rings (SSSR count). The minimum absolute atomic E-state index is 0.317. The summed E-state index contributed by atoms with van der Waals surface area (Å²) in [4.78, 5) is 16.0. The fourth-order valence-electron chi connectivity index (χ4n) is 1.92. The number of amides is 1. The highest BCUT2D eigenvalue weighted by molar-refractivity contribution is 6.02. The van der Waals surface area contributed by atoms with E-state index in [0.29, 0.717) is 35.2 Å². The second-order valence-electron chi connectivity index (χ2n) is 5.52. The van der Waals surface area contributed by atoms with Gasteiger partial charge in [0.25, 0.3) is 5.91 Å². The van der Waals surface area contributed by atoms with E-state index in [1.165, 1.54) is 0 Å². The first-order chi connectivity index (χ1) is 11.1. The van der Waals surface area contributed by atoms with Crippen molar-refractivity contribution in [2.45, 2.75) is 20.3 Å². The van der Waals surface area contributed by atoms with E-state index in [1.807, 2.05) is 0 Å². The molecule has 0 aliphatic rings. The van der Waals surface area contributed by atoms with Crippen molar-refractivity contribution in [3.8, 4) is 11.8 Å². The largest absolute Gasteiger partial charge is 0.492 e. The van der Waals surface area contributed by atoms with Crippen LogP contribution in [-0.4, -0.2) is 17.5 Å². The second-order valence-corrected chi connectivity index (χ2v) is 5.52. The summed E-state index contributed by atoms with van der Waals surface area (Å²) in [5.41, 5.74) is 1.25. The molecule has 0 aliphatic carbocycles. The molecule has 23 heavy (non-hydrogen) atoms. The lowest BCUT2D eigenvalue weighted by molar-refractivity contribution is 0.102. The van der Waals surface area contributed by atoms with E-state index in [1.54, 1.807) is 42.6 Å². The first-order valence-electron chi connectivity index (χ1n) is 7.49. The lowest BCUT2D eigenvalue weighted by Crippen LogP contribution is -2.13. The number of carbonyl (C=O) groups excluding carboxylic acids is 1. The van der Waals surface area contributed by atoms with E-state index in [0.717, 1.165) is 6.42 Å². The smallest absolute Gasteiger partial charge is 0.274 e. The summed E-state index contributed by atoms with van der Waals surface area (Å²) in [5.74, 6) is 0.754. The van der Waals surface area contributed by atoms with Gasteiger partial charge in [0.2, 0.25) is 0 Å². The van der Waals surface area contributed by atoms with Crippen LogP contribution in [0.2, 0.25) is 0 Å². The van der Waals surface area contributed by atoms with Gasteiger partial charge in [-0.1, -0.05) is 19.9 Å². The van der Waals surface area contributed by atoms with Crippen LogP contribution in [0.1, 0.15) is 36.3 Å². The Morgan fingerprint density at radius 1 is 1.35 bits per heavy atom. The number of benzene rings is 1. The number of carbonyl (C=O) groups is 1. The molecule has 0 radical (unpaired) electrons. The molecule has 0 saturated carbocycles. The molecular weight excluding hydrogens is 290 g/mol. The van der Waals surface area contributed by atoms with E-state index in [-0.39, 0.29) is 5.91 Å². The van der Waals surface area contributed by atoms with Crippen LogP contribution < -0.4 is 10.1 Å². The van der Waals surface area contributed by atoms with E-state index in [9.17, 15) is 10.1 Å². The number of ether oxygens (including phenoxy) is 1. The molecule has 118 valence electrons. The average Bonchev–Trinajstić information content (AvgIpc) is 2.56. The Balaban J connectivity index is 2.07. The Labute approximate surface area is 135 Å². The van der Waals surface area contributed by atoms with E-state index < -0.39 is 0 Å². The van der Waals surface area contributed by atoms with Gasteiger partial charge in [0.1, 0.15) is 17.5 Å². The van der Waals surface area contributed by atoms with Crippen LogP contribution >= 0.6 is 0 Å². The molecule has 2 aromatic rings. The molecule has 0 bridgehead atoms.